The Morgan fingerprint density at radius 3 is 2.62 bits per heavy atom. The number of ether oxygens (including phenoxy) is 1. The van der Waals surface area contributed by atoms with Gasteiger partial charge in [-0.25, -0.2) is 9.78 Å². The van der Waals surface area contributed by atoms with Crippen molar-refractivity contribution in [1.82, 2.24) is 4.98 Å². The first kappa shape index (κ1) is 18.4. The molecule has 1 amide bonds. The molecule has 6 nitrogen and oxygen atoms in total. The molecular weight excluding hydrogens is 350 g/mol. The van der Waals surface area contributed by atoms with Crippen molar-refractivity contribution in [3.63, 3.8) is 0 Å². The number of halogens is 1. The van der Waals surface area contributed by atoms with Crippen LogP contribution in [0.4, 0.5) is 5.13 Å². The fraction of sp³-hybridized carbons (Fsp3) is 0.312. The number of anilines is 1. The highest BCUT2D eigenvalue weighted by molar-refractivity contribution is 7.19. The molecule has 2 rings (SSSR count). The van der Waals surface area contributed by atoms with Gasteiger partial charge in [-0.15, -0.1) is 0 Å². The molecule has 3 N–H and O–H groups in total. The minimum atomic E-state index is -1.84. The lowest BCUT2D eigenvalue weighted by Crippen LogP contribution is -2.63. The van der Waals surface area contributed by atoms with Crippen molar-refractivity contribution >= 4 is 39.9 Å². The number of hydrogen-bond donors (Lipinski definition) is 2. The third kappa shape index (κ3) is 3.92. The monoisotopic (exact) mass is 367 g/mol. The molecule has 0 radical (unpaired) electrons. The number of rotatable bonds is 6. The molecular formula is C16H18ClN3O3S. The van der Waals surface area contributed by atoms with Gasteiger partial charge in [-0.1, -0.05) is 61.4 Å². The van der Waals surface area contributed by atoms with Crippen LogP contribution in [0.15, 0.2) is 36.5 Å². The van der Waals surface area contributed by atoms with Gasteiger partial charge < -0.3 is 10.5 Å². The summed E-state index contributed by atoms with van der Waals surface area (Å²) >= 11 is 6.88. The van der Waals surface area contributed by atoms with Crippen LogP contribution < -0.4 is 15.8 Å². The van der Waals surface area contributed by atoms with Gasteiger partial charge in [0.25, 0.3) is 5.91 Å². The predicted octanol–water partition coefficient (Wildman–Crippen LogP) is 3.08. The Labute approximate surface area is 149 Å². The lowest BCUT2D eigenvalue weighted by Gasteiger charge is -2.30. The van der Waals surface area contributed by atoms with E-state index < -0.39 is 23.3 Å². The number of amides is 1. The van der Waals surface area contributed by atoms with Crippen LogP contribution in [0, 0.1) is 5.92 Å². The molecule has 2 aromatic rings. The number of nitrogens with one attached hydrogen (secondary N) is 1. The highest BCUT2D eigenvalue weighted by Crippen LogP contribution is 2.26. The van der Waals surface area contributed by atoms with Crippen LogP contribution in [0.2, 0.25) is 4.34 Å². The molecule has 0 saturated carbocycles. The van der Waals surface area contributed by atoms with Crippen LogP contribution in [0.1, 0.15) is 20.3 Å². The van der Waals surface area contributed by atoms with Gasteiger partial charge in [0.1, 0.15) is 10.1 Å². The second-order valence-corrected chi connectivity index (χ2v) is 6.97. The smallest absolute Gasteiger partial charge is 0.341 e. The lowest BCUT2D eigenvalue weighted by atomic mass is 9.83. The lowest BCUT2D eigenvalue weighted by molar-refractivity contribution is -0.147. The van der Waals surface area contributed by atoms with Gasteiger partial charge in [0.2, 0.25) is 0 Å². The van der Waals surface area contributed by atoms with Crippen LogP contribution in [-0.2, 0) is 9.59 Å². The fourth-order valence-electron chi connectivity index (χ4n) is 2.03. The summed E-state index contributed by atoms with van der Waals surface area (Å²) in [5, 5.41) is 2.82. The Hall–Kier alpha value is -1.96. The normalized spacial score (nSPS) is 14.5. The fourth-order valence-corrected chi connectivity index (χ4v) is 2.84. The second-order valence-electron chi connectivity index (χ2n) is 5.30. The number of aromatic nitrogens is 1. The quantitative estimate of drug-likeness (QED) is 0.465. The molecule has 1 heterocycles. The number of esters is 1. The molecule has 0 aliphatic rings. The highest BCUT2D eigenvalue weighted by Gasteiger charge is 2.48. The molecule has 24 heavy (non-hydrogen) atoms. The minimum Gasteiger partial charge on any atom is -0.425 e. The van der Waals surface area contributed by atoms with E-state index in [1.807, 2.05) is 6.92 Å². The molecule has 128 valence electrons. The van der Waals surface area contributed by atoms with Crippen molar-refractivity contribution in [1.29, 1.82) is 0 Å². The minimum absolute atomic E-state index is 0.274. The maximum atomic E-state index is 12.7. The summed E-state index contributed by atoms with van der Waals surface area (Å²) in [6.07, 6.45) is 1.93. The third-order valence-electron chi connectivity index (χ3n) is 3.75. The summed E-state index contributed by atoms with van der Waals surface area (Å²) in [6, 6.07) is 8.48. The Kier molecular flexibility index (Phi) is 5.93. The van der Waals surface area contributed by atoms with Gasteiger partial charge in [-0.05, 0) is 18.1 Å². The molecule has 0 fully saturated rings. The molecule has 0 saturated heterocycles. The average Bonchev–Trinajstić information content (AvgIpc) is 2.98. The summed E-state index contributed by atoms with van der Waals surface area (Å²) < 4.78 is 5.72. The van der Waals surface area contributed by atoms with Crippen LogP contribution in [0.5, 0.6) is 5.75 Å². The molecule has 0 aliphatic carbocycles. The third-order valence-corrected chi connectivity index (χ3v) is 4.79. The number of hydrogen-bond acceptors (Lipinski definition) is 6. The van der Waals surface area contributed by atoms with E-state index >= 15 is 0 Å². The molecule has 1 aromatic heterocycles. The maximum absolute atomic E-state index is 12.7. The maximum Gasteiger partial charge on any atom is 0.341 e. The van der Waals surface area contributed by atoms with E-state index in [-0.39, 0.29) is 5.13 Å². The summed E-state index contributed by atoms with van der Waals surface area (Å²) in [7, 11) is 0. The molecule has 0 spiro atoms. The molecule has 0 bridgehead atoms. The number of carbonyl (C=O) groups excluding carboxylic acids is 2. The van der Waals surface area contributed by atoms with E-state index in [0.717, 1.165) is 11.3 Å². The number of benzene rings is 1. The Bertz CT molecular complexity index is 722. The molecule has 8 heteroatoms. The van der Waals surface area contributed by atoms with Gasteiger partial charge in [-0.2, -0.15) is 0 Å². The van der Waals surface area contributed by atoms with Crippen molar-refractivity contribution in [2.45, 2.75) is 25.8 Å². The first-order chi connectivity index (χ1) is 11.4. The Morgan fingerprint density at radius 1 is 1.42 bits per heavy atom. The Morgan fingerprint density at radius 2 is 2.08 bits per heavy atom. The van der Waals surface area contributed by atoms with Crippen molar-refractivity contribution < 1.29 is 14.3 Å². The topological polar surface area (TPSA) is 94.3 Å². The number of nitrogens with two attached hydrogens (primary N) is 1. The summed E-state index contributed by atoms with van der Waals surface area (Å²) in [5.41, 5.74) is 4.35. The zero-order valence-corrected chi connectivity index (χ0v) is 14.9. The van der Waals surface area contributed by atoms with Crippen LogP contribution in [0.25, 0.3) is 0 Å². The highest BCUT2D eigenvalue weighted by atomic mass is 35.5. The largest absolute Gasteiger partial charge is 0.425 e. The summed E-state index contributed by atoms with van der Waals surface area (Å²) in [4.78, 5) is 29.2. The van der Waals surface area contributed by atoms with Crippen molar-refractivity contribution in [3.05, 3.63) is 40.9 Å². The summed E-state index contributed by atoms with van der Waals surface area (Å²) in [5.74, 6) is -1.61. The van der Waals surface area contributed by atoms with Crippen molar-refractivity contribution in [3.8, 4) is 5.75 Å². The van der Waals surface area contributed by atoms with E-state index in [0.29, 0.717) is 16.5 Å². The predicted molar refractivity (Wildman–Crippen MR) is 94.2 cm³/mol. The van der Waals surface area contributed by atoms with Crippen LogP contribution in [0.3, 0.4) is 0 Å². The van der Waals surface area contributed by atoms with Crippen molar-refractivity contribution in [2.24, 2.45) is 11.7 Å². The molecule has 1 aromatic carbocycles. The molecule has 0 aliphatic heterocycles. The summed E-state index contributed by atoms with van der Waals surface area (Å²) in [6.45, 7) is 3.57. The molecule has 2 atom stereocenters. The number of carbonyl (C=O) groups is 2. The van der Waals surface area contributed by atoms with Gasteiger partial charge in [0, 0.05) is 0 Å². The number of nitrogens with zero attached hydrogens (tertiary/aromatic N) is 1. The van der Waals surface area contributed by atoms with E-state index in [9.17, 15) is 9.59 Å². The van der Waals surface area contributed by atoms with E-state index in [2.05, 4.69) is 10.3 Å². The zero-order chi connectivity index (χ0) is 17.7. The van der Waals surface area contributed by atoms with E-state index in [1.165, 1.54) is 6.20 Å². The van der Waals surface area contributed by atoms with Crippen molar-refractivity contribution in [2.75, 3.05) is 5.32 Å². The van der Waals surface area contributed by atoms with Gasteiger partial charge in [0.15, 0.2) is 10.7 Å². The first-order valence-corrected chi connectivity index (χ1v) is 8.56. The number of para-hydroxylation sites is 1. The van der Waals surface area contributed by atoms with Crippen LogP contribution in [-0.4, -0.2) is 22.4 Å². The SMILES string of the molecule is CC[C@H](C)C(N)(C(=O)Nc1ncc(Cl)s1)C(=O)Oc1ccccc1. The van der Waals surface area contributed by atoms with E-state index in [4.69, 9.17) is 22.1 Å². The zero-order valence-electron chi connectivity index (χ0n) is 13.3. The first-order valence-electron chi connectivity index (χ1n) is 7.36. The average molecular weight is 368 g/mol. The van der Waals surface area contributed by atoms with Gasteiger partial charge >= 0.3 is 5.97 Å². The molecule has 1 unspecified atom stereocenters. The van der Waals surface area contributed by atoms with Crippen LogP contribution >= 0.6 is 22.9 Å². The number of thiazole rings is 1. The Balaban J connectivity index is 2.24. The van der Waals surface area contributed by atoms with Gasteiger partial charge in [0.05, 0.1) is 6.20 Å². The van der Waals surface area contributed by atoms with Gasteiger partial charge in [-0.3, -0.25) is 10.1 Å². The standard InChI is InChI=1S/C16H18ClN3O3S/c1-3-10(2)16(18,13(21)20-15-19-9-12(17)24-15)14(22)23-11-7-5-4-6-8-11/h4-10H,3,18H2,1-2H3,(H,19,20,21)/t10-,16?/m0/s1. The van der Waals surface area contributed by atoms with E-state index in [1.54, 1.807) is 37.3 Å². The second kappa shape index (κ2) is 7.74.